The highest BCUT2D eigenvalue weighted by atomic mass is 16.1. The number of carbonyl (C=O) groups excluding carboxylic acids is 1. The van der Waals surface area contributed by atoms with Crippen LogP contribution >= 0.6 is 0 Å². The average Bonchev–Trinajstić information content (AvgIpc) is 2.55. The normalized spacial score (nSPS) is 10.3. The monoisotopic (exact) mass is 297 g/mol. The maximum absolute atomic E-state index is 12.4. The fraction of sp³-hybridized carbons (Fsp3) is 0.333. The number of pyridine rings is 1. The van der Waals surface area contributed by atoms with Crippen LogP contribution < -0.4 is 10.6 Å². The number of hydrogen-bond donors (Lipinski definition) is 2. The molecule has 116 valence electrons. The van der Waals surface area contributed by atoms with Crippen LogP contribution in [0.4, 0.5) is 11.4 Å². The lowest BCUT2D eigenvalue weighted by molar-refractivity contribution is 0.102. The molecule has 0 aliphatic rings. The number of hydrogen-bond acceptors (Lipinski definition) is 3. The first-order chi connectivity index (χ1) is 10.7. The van der Waals surface area contributed by atoms with Gasteiger partial charge in [-0.25, -0.2) is 4.98 Å². The molecular formula is C18H23N3O. The molecule has 1 aromatic heterocycles. The quantitative estimate of drug-likeness (QED) is 0.846. The summed E-state index contributed by atoms with van der Waals surface area (Å²) in [5.74, 6) is -0.175. The molecule has 1 amide bonds. The van der Waals surface area contributed by atoms with Crippen LogP contribution in [0.15, 0.2) is 36.5 Å². The summed E-state index contributed by atoms with van der Waals surface area (Å²) in [5.41, 5.74) is 4.45. The zero-order chi connectivity index (χ0) is 15.9. The summed E-state index contributed by atoms with van der Waals surface area (Å²) < 4.78 is 0. The number of aromatic nitrogens is 1. The summed E-state index contributed by atoms with van der Waals surface area (Å²) in [5, 5.41) is 6.23. The van der Waals surface area contributed by atoms with Crippen molar-refractivity contribution >= 4 is 17.3 Å². The van der Waals surface area contributed by atoms with Crippen LogP contribution in [0.3, 0.4) is 0 Å². The molecule has 0 unspecified atom stereocenters. The first kappa shape index (κ1) is 16.0. The van der Waals surface area contributed by atoms with Crippen molar-refractivity contribution in [2.75, 3.05) is 17.2 Å². The predicted octanol–water partition coefficient (Wildman–Crippen LogP) is 4.03. The zero-order valence-corrected chi connectivity index (χ0v) is 13.4. The van der Waals surface area contributed by atoms with E-state index in [9.17, 15) is 4.79 Å². The number of benzene rings is 1. The van der Waals surface area contributed by atoms with Gasteiger partial charge in [-0.1, -0.05) is 32.0 Å². The number of nitrogens with zero attached hydrogens (tertiary/aromatic N) is 1. The Bertz CT molecular complexity index is 635. The first-order valence-corrected chi connectivity index (χ1v) is 7.75. The third-order valence-corrected chi connectivity index (χ3v) is 3.55. The van der Waals surface area contributed by atoms with Gasteiger partial charge in [0.1, 0.15) is 5.69 Å². The van der Waals surface area contributed by atoms with Crippen molar-refractivity contribution in [3.8, 4) is 0 Å². The van der Waals surface area contributed by atoms with E-state index in [2.05, 4.69) is 29.5 Å². The Morgan fingerprint density at radius 1 is 1.18 bits per heavy atom. The van der Waals surface area contributed by atoms with Gasteiger partial charge in [-0.3, -0.25) is 4.79 Å². The van der Waals surface area contributed by atoms with Gasteiger partial charge in [-0.2, -0.15) is 0 Å². The maximum atomic E-state index is 12.4. The summed E-state index contributed by atoms with van der Waals surface area (Å²) in [7, 11) is 0. The zero-order valence-electron chi connectivity index (χ0n) is 13.4. The van der Waals surface area contributed by atoms with Crippen LogP contribution in [0.2, 0.25) is 0 Å². The summed E-state index contributed by atoms with van der Waals surface area (Å²) in [6.45, 7) is 7.09. The predicted molar refractivity (Wildman–Crippen MR) is 91.5 cm³/mol. The van der Waals surface area contributed by atoms with Gasteiger partial charge in [0, 0.05) is 12.2 Å². The molecule has 1 heterocycles. The minimum absolute atomic E-state index is 0.175. The topological polar surface area (TPSA) is 54.0 Å². The first-order valence-electron chi connectivity index (χ1n) is 7.75. The van der Waals surface area contributed by atoms with E-state index in [4.69, 9.17) is 0 Å². The Hall–Kier alpha value is -2.36. The number of amides is 1. The molecule has 0 fully saturated rings. The van der Waals surface area contributed by atoms with E-state index < -0.39 is 0 Å². The van der Waals surface area contributed by atoms with Crippen LogP contribution in [-0.2, 0) is 6.42 Å². The maximum Gasteiger partial charge on any atom is 0.274 e. The summed E-state index contributed by atoms with van der Waals surface area (Å²) in [6.07, 6.45) is 3.63. The number of nitrogens with one attached hydrogen (secondary N) is 2. The standard InChI is InChI=1S/C18H23N3O/c1-4-11-19-15-9-10-16(20-12-15)18(22)21-17-13(3)7-6-8-14(17)5-2/h6-10,12,19H,4-5,11H2,1-3H3,(H,21,22). The van der Waals surface area contributed by atoms with Crippen molar-refractivity contribution in [1.29, 1.82) is 0 Å². The molecule has 2 N–H and O–H groups in total. The summed E-state index contributed by atoms with van der Waals surface area (Å²) in [6, 6.07) is 9.68. The summed E-state index contributed by atoms with van der Waals surface area (Å²) in [4.78, 5) is 16.6. The number of anilines is 2. The van der Waals surface area contributed by atoms with Gasteiger partial charge >= 0.3 is 0 Å². The van der Waals surface area contributed by atoms with E-state index in [0.29, 0.717) is 5.69 Å². The Balaban J connectivity index is 2.12. The van der Waals surface area contributed by atoms with Crippen molar-refractivity contribution in [2.24, 2.45) is 0 Å². The van der Waals surface area contributed by atoms with E-state index in [0.717, 1.165) is 41.9 Å². The van der Waals surface area contributed by atoms with E-state index in [1.165, 1.54) is 0 Å². The third-order valence-electron chi connectivity index (χ3n) is 3.55. The molecule has 2 rings (SSSR count). The highest BCUT2D eigenvalue weighted by Crippen LogP contribution is 2.21. The van der Waals surface area contributed by atoms with Crippen molar-refractivity contribution in [3.63, 3.8) is 0 Å². The molecule has 0 saturated heterocycles. The molecule has 0 aliphatic heterocycles. The number of para-hydroxylation sites is 1. The van der Waals surface area contributed by atoms with Crippen molar-refractivity contribution in [1.82, 2.24) is 4.98 Å². The van der Waals surface area contributed by atoms with Crippen molar-refractivity contribution in [2.45, 2.75) is 33.6 Å². The van der Waals surface area contributed by atoms with Gasteiger partial charge in [0.2, 0.25) is 0 Å². The van der Waals surface area contributed by atoms with Gasteiger partial charge in [-0.15, -0.1) is 0 Å². The van der Waals surface area contributed by atoms with Crippen LogP contribution in [0, 0.1) is 6.92 Å². The van der Waals surface area contributed by atoms with Gasteiger partial charge < -0.3 is 10.6 Å². The van der Waals surface area contributed by atoms with E-state index in [1.54, 1.807) is 12.3 Å². The molecule has 0 spiro atoms. The molecule has 4 heteroatoms. The lowest BCUT2D eigenvalue weighted by Crippen LogP contribution is -2.16. The van der Waals surface area contributed by atoms with Gasteiger partial charge in [0.05, 0.1) is 11.9 Å². The number of carbonyl (C=O) groups is 1. The van der Waals surface area contributed by atoms with E-state index in [-0.39, 0.29) is 5.91 Å². The van der Waals surface area contributed by atoms with Crippen LogP contribution in [0.5, 0.6) is 0 Å². The SMILES string of the molecule is CCCNc1ccc(C(=O)Nc2c(C)cccc2CC)nc1. The second kappa shape index (κ2) is 7.59. The second-order valence-corrected chi connectivity index (χ2v) is 5.28. The Labute approximate surface area is 132 Å². The second-order valence-electron chi connectivity index (χ2n) is 5.28. The fourth-order valence-corrected chi connectivity index (χ4v) is 2.28. The summed E-state index contributed by atoms with van der Waals surface area (Å²) >= 11 is 0. The molecule has 2 aromatic rings. The smallest absolute Gasteiger partial charge is 0.274 e. The van der Waals surface area contributed by atoms with Crippen LogP contribution in [0.25, 0.3) is 0 Å². The molecule has 0 bridgehead atoms. The third kappa shape index (κ3) is 3.85. The molecule has 0 atom stereocenters. The van der Waals surface area contributed by atoms with Gasteiger partial charge in [-0.05, 0) is 43.0 Å². The molecule has 22 heavy (non-hydrogen) atoms. The fourth-order valence-electron chi connectivity index (χ4n) is 2.28. The average molecular weight is 297 g/mol. The minimum Gasteiger partial charge on any atom is -0.384 e. The molecule has 1 aromatic carbocycles. The molecule has 0 aliphatic carbocycles. The van der Waals surface area contributed by atoms with Crippen LogP contribution in [0.1, 0.15) is 41.9 Å². The molecule has 4 nitrogen and oxygen atoms in total. The number of aryl methyl sites for hydroxylation is 2. The van der Waals surface area contributed by atoms with Crippen LogP contribution in [-0.4, -0.2) is 17.4 Å². The highest BCUT2D eigenvalue weighted by molar-refractivity contribution is 6.03. The Morgan fingerprint density at radius 2 is 2.00 bits per heavy atom. The van der Waals surface area contributed by atoms with Gasteiger partial charge in [0.25, 0.3) is 5.91 Å². The largest absolute Gasteiger partial charge is 0.384 e. The molecular weight excluding hydrogens is 274 g/mol. The lowest BCUT2D eigenvalue weighted by atomic mass is 10.1. The molecule has 0 saturated carbocycles. The minimum atomic E-state index is -0.175. The lowest BCUT2D eigenvalue weighted by Gasteiger charge is -2.13. The van der Waals surface area contributed by atoms with Crippen molar-refractivity contribution < 1.29 is 4.79 Å². The highest BCUT2D eigenvalue weighted by Gasteiger charge is 2.11. The van der Waals surface area contributed by atoms with E-state index >= 15 is 0 Å². The molecule has 0 radical (unpaired) electrons. The van der Waals surface area contributed by atoms with E-state index in [1.807, 2.05) is 31.2 Å². The number of rotatable bonds is 6. The van der Waals surface area contributed by atoms with Crippen molar-refractivity contribution in [3.05, 3.63) is 53.3 Å². The Morgan fingerprint density at radius 3 is 2.64 bits per heavy atom. The van der Waals surface area contributed by atoms with Gasteiger partial charge in [0.15, 0.2) is 0 Å². The Kier molecular flexibility index (Phi) is 5.53.